The first-order valence-electron chi connectivity index (χ1n) is 9.51. The van der Waals surface area contributed by atoms with E-state index in [1.165, 1.54) is 16.7 Å². The zero-order valence-electron chi connectivity index (χ0n) is 17.0. The molecule has 0 spiro atoms. The van der Waals surface area contributed by atoms with Gasteiger partial charge >= 0.3 is 0 Å². The van der Waals surface area contributed by atoms with E-state index in [-0.39, 0.29) is 0 Å². The van der Waals surface area contributed by atoms with E-state index in [1.807, 2.05) is 26.2 Å². The van der Waals surface area contributed by atoms with Crippen LogP contribution in [-0.2, 0) is 13.1 Å². The standard InChI is InChI=1S/C22H32N4O/c1-5-23-22(24-16-19-9-6-8-18(2)14-19)25-17-20-10-7-11-21(15-20)27-13-12-26(3)4/h6-11,14-15H,5,12-13,16-17H2,1-4H3,(H2,23,24,25). The lowest BCUT2D eigenvalue weighted by Gasteiger charge is -2.13. The van der Waals surface area contributed by atoms with Gasteiger partial charge in [0.25, 0.3) is 0 Å². The smallest absolute Gasteiger partial charge is 0.191 e. The molecule has 2 aromatic carbocycles. The first-order chi connectivity index (χ1) is 13.1. The molecule has 0 atom stereocenters. The van der Waals surface area contributed by atoms with Crippen LogP contribution in [0.25, 0.3) is 0 Å². The summed E-state index contributed by atoms with van der Waals surface area (Å²) >= 11 is 0. The van der Waals surface area contributed by atoms with Gasteiger partial charge in [-0.3, -0.25) is 0 Å². The SMILES string of the molecule is CCNC(=NCc1cccc(C)c1)NCc1cccc(OCCN(C)C)c1. The molecule has 2 N–H and O–H groups in total. The molecule has 5 nitrogen and oxygen atoms in total. The molecule has 0 bridgehead atoms. The lowest BCUT2D eigenvalue weighted by molar-refractivity contribution is 0.261. The van der Waals surface area contributed by atoms with Gasteiger partial charge in [0.2, 0.25) is 0 Å². The first-order valence-corrected chi connectivity index (χ1v) is 9.51. The number of aryl methyl sites for hydroxylation is 1. The second kappa shape index (κ2) is 11.2. The summed E-state index contributed by atoms with van der Waals surface area (Å²) in [6.45, 7) is 7.94. The van der Waals surface area contributed by atoms with E-state index in [4.69, 9.17) is 4.74 Å². The van der Waals surface area contributed by atoms with Crippen molar-refractivity contribution in [3.05, 3.63) is 65.2 Å². The molecule has 0 saturated carbocycles. The molecule has 0 amide bonds. The van der Waals surface area contributed by atoms with Gasteiger partial charge in [-0.05, 0) is 51.2 Å². The minimum atomic E-state index is 0.657. The molecule has 0 fully saturated rings. The molecule has 5 heteroatoms. The van der Waals surface area contributed by atoms with Crippen molar-refractivity contribution >= 4 is 5.96 Å². The maximum atomic E-state index is 5.81. The lowest BCUT2D eigenvalue weighted by Crippen LogP contribution is -2.36. The Hall–Kier alpha value is -2.53. The fraction of sp³-hybridized carbons (Fsp3) is 0.409. The Kier molecular flexibility index (Phi) is 8.65. The van der Waals surface area contributed by atoms with Crippen LogP contribution in [0.5, 0.6) is 5.75 Å². The zero-order valence-corrected chi connectivity index (χ0v) is 17.0. The topological polar surface area (TPSA) is 48.9 Å². The molecule has 0 heterocycles. The van der Waals surface area contributed by atoms with E-state index in [1.54, 1.807) is 0 Å². The van der Waals surface area contributed by atoms with Crippen LogP contribution < -0.4 is 15.4 Å². The average molecular weight is 369 g/mol. The van der Waals surface area contributed by atoms with Crippen molar-refractivity contribution in [2.24, 2.45) is 4.99 Å². The Morgan fingerprint density at radius 2 is 1.81 bits per heavy atom. The second-order valence-corrected chi connectivity index (χ2v) is 6.84. The zero-order chi connectivity index (χ0) is 19.5. The van der Waals surface area contributed by atoms with Crippen molar-refractivity contribution in [2.75, 3.05) is 33.8 Å². The summed E-state index contributed by atoms with van der Waals surface area (Å²) in [6.07, 6.45) is 0. The minimum absolute atomic E-state index is 0.657. The van der Waals surface area contributed by atoms with Gasteiger partial charge in [0.05, 0.1) is 6.54 Å². The van der Waals surface area contributed by atoms with Crippen LogP contribution in [-0.4, -0.2) is 44.7 Å². The maximum Gasteiger partial charge on any atom is 0.191 e. The van der Waals surface area contributed by atoms with E-state index in [0.717, 1.165) is 24.8 Å². The van der Waals surface area contributed by atoms with Crippen LogP contribution in [0.4, 0.5) is 0 Å². The third kappa shape index (κ3) is 8.13. The van der Waals surface area contributed by atoms with Crippen LogP contribution in [0.15, 0.2) is 53.5 Å². The number of aliphatic imine (C=N–C) groups is 1. The molecule has 0 aliphatic carbocycles. The molecular formula is C22H32N4O. The normalized spacial score (nSPS) is 11.5. The van der Waals surface area contributed by atoms with Crippen LogP contribution in [0, 0.1) is 6.92 Å². The lowest BCUT2D eigenvalue weighted by atomic mass is 10.1. The Morgan fingerprint density at radius 1 is 1.04 bits per heavy atom. The third-order valence-corrected chi connectivity index (χ3v) is 4.01. The Bertz CT molecular complexity index is 728. The van der Waals surface area contributed by atoms with Crippen molar-refractivity contribution < 1.29 is 4.74 Å². The molecule has 0 saturated heterocycles. The number of benzene rings is 2. The van der Waals surface area contributed by atoms with Crippen molar-refractivity contribution in [1.82, 2.24) is 15.5 Å². The molecule has 0 aliphatic heterocycles. The molecule has 0 aliphatic rings. The number of rotatable bonds is 9. The van der Waals surface area contributed by atoms with Crippen molar-refractivity contribution in [3.63, 3.8) is 0 Å². The van der Waals surface area contributed by atoms with Crippen molar-refractivity contribution in [2.45, 2.75) is 26.9 Å². The van der Waals surface area contributed by atoms with Gasteiger partial charge in [0, 0.05) is 19.6 Å². The quantitative estimate of drug-likeness (QED) is 0.527. The molecule has 0 radical (unpaired) electrons. The number of guanidine groups is 1. The Balaban J connectivity index is 1.91. The van der Waals surface area contributed by atoms with Gasteiger partial charge < -0.3 is 20.3 Å². The van der Waals surface area contributed by atoms with Gasteiger partial charge in [-0.15, -0.1) is 0 Å². The van der Waals surface area contributed by atoms with Crippen LogP contribution in [0.3, 0.4) is 0 Å². The summed E-state index contributed by atoms with van der Waals surface area (Å²) in [5, 5.41) is 6.70. The first kappa shape index (κ1) is 20.8. The fourth-order valence-electron chi connectivity index (χ4n) is 2.60. The van der Waals surface area contributed by atoms with E-state index in [0.29, 0.717) is 19.7 Å². The predicted molar refractivity (Wildman–Crippen MR) is 113 cm³/mol. The number of likely N-dealkylation sites (N-methyl/N-ethyl adjacent to an activating group) is 1. The Morgan fingerprint density at radius 3 is 2.56 bits per heavy atom. The summed E-state index contributed by atoms with van der Waals surface area (Å²) in [4.78, 5) is 6.80. The van der Waals surface area contributed by atoms with Gasteiger partial charge in [-0.1, -0.05) is 42.0 Å². The maximum absolute atomic E-state index is 5.81. The van der Waals surface area contributed by atoms with Crippen molar-refractivity contribution in [1.29, 1.82) is 0 Å². The number of nitrogens with zero attached hydrogens (tertiary/aromatic N) is 2. The molecular weight excluding hydrogens is 336 g/mol. The Labute approximate surface area is 163 Å². The minimum Gasteiger partial charge on any atom is -0.492 e. The highest BCUT2D eigenvalue weighted by Gasteiger charge is 2.01. The highest BCUT2D eigenvalue weighted by atomic mass is 16.5. The third-order valence-electron chi connectivity index (χ3n) is 4.01. The van der Waals surface area contributed by atoms with Gasteiger partial charge in [0.1, 0.15) is 12.4 Å². The van der Waals surface area contributed by atoms with Crippen LogP contribution in [0.2, 0.25) is 0 Å². The molecule has 2 rings (SSSR count). The highest BCUT2D eigenvalue weighted by Crippen LogP contribution is 2.13. The highest BCUT2D eigenvalue weighted by molar-refractivity contribution is 5.79. The van der Waals surface area contributed by atoms with Gasteiger partial charge in [-0.2, -0.15) is 0 Å². The summed E-state index contributed by atoms with van der Waals surface area (Å²) in [5.74, 6) is 1.72. The second-order valence-electron chi connectivity index (χ2n) is 6.84. The predicted octanol–water partition coefficient (Wildman–Crippen LogP) is 3.19. The van der Waals surface area contributed by atoms with E-state index in [2.05, 4.69) is 70.8 Å². The van der Waals surface area contributed by atoms with Gasteiger partial charge in [0.15, 0.2) is 5.96 Å². The average Bonchev–Trinajstić information content (AvgIpc) is 2.64. The summed E-state index contributed by atoms with van der Waals surface area (Å²) in [6, 6.07) is 16.6. The van der Waals surface area contributed by atoms with E-state index in [9.17, 15) is 0 Å². The summed E-state index contributed by atoms with van der Waals surface area (Å²) in [7, 11) is 4.09. The number of ether oxygens (including phenoxy) is 1. The molecule has 0 unspecified atom stereocenters. The summed E-state index contributed by atoms with van der Waals surface area (Å²) in [5.41, 5.74) is 3.63. The molecule has 27 heavy (non-hydrogen) atoms. The van der Waals surface area contributed by atoms with Crippen LogP contribution >= 0.6 is 0 Å². The fourth-order valence-corrected chi connectivity index (χ4v) is 2.60. The summed E-state index contributed by atoms with van der Waals surface area (Å²) < 4.78 is 5.81. The van der Waals surface area contributed by atoms with Crippen LogP contribution in [0.1, 0.15) is 23.6 Å². The number of hydrogen-bond donors (Lipinski definition) is 2. The number of hydrogen-bond acceptors (Lipinski definition) is 3. The van der Waals surface area contributed by atoms with Gasteiger partial charge in [-0.25, -0.2) is 4.99 Å². The van der Waals surface area contributed by atoms with Crippen molar-refractivity contribution in [3.8, 4) is 5.75 Å². The van der Waals surface area contributed by atoms with E-state index < -0.39 is 0 Å². The number of nitrogens with one attached hydrogen (secondary N) is 2. The largest absolute Gasteiger partial charge is 0.492 e. The monoisotopic (exact) mass is 368 g/mol. The molecule has 0 aromatic heterocycles. The van der Waals surface area contributed by atoms with E-state index >= 15 is 0 Å². The molecule has 146 valence electrons. The molecule has 2 aromatic rings.